The van der Waals surface area contributed by atoms with Crippen LogP contribution in [0.25, 0.3) is 0 Å². The summed E-state index contributed by atoms with van der Waals surface area (Å²) in [4.78, 5) is 13.5. The van der Waals surface area contributed by atoms with E-state index in [0.29, 0.717) is 27.1 Å². The van der Waals surface area contributed by atoms with Crippen molar-refractivity contribution in [2.75, 3.05) is 20.7 Å². The third-order valence-corrected chi connectivity index (χ3v) is 3.52. The van der Waals surface area contributed by atoms with Gasteiger partial charge in [-0.1, -0.05) is 23.2 Å². The summed E-state index contributed by atoms with van der Waals surface area (Å²) < 4.78 is 5.64. The number of hydrogen-bond acceptors (Lipinski definition) is 4. The minimum atomic E-state index is -0.249. The van der Waals surface area contributed by atoms with Crippen molar-refractivity contribution in [3.8, 4) is 5.75 Å². The fourth-order valence-electron chi connectivity index (χ4n) is 1.76. The van der Waals surface area contributed by atoms with E-state index in [1.165, 1.54) is 0 Å². The fraction of sp³-hybridized carbons (Fsp3) is 0.286. The SMILES string of the molecule is Cc1cc(OCC2=NNC(=O)/C2=C\N(C)C)c(Cl)cc1Cl. The molecule has 0 bridgehead atoms. The average molecular weight is 328 g/mol. The van der Waals surface area contributed by atoms with Crippen LogP contribution in [0.5, 0.6) is 5.75 Å². The maximum absolute atomic E-state index is 11.7. The highest BCUT2D eigenvalue weighted by molar-refractivity contribution is 6.36. The lowest BCUT2D eigenvalue weighted by molar-refractivity contribution is -0.116. The van der Waals surface area contributed by atoms with Gasteiger partial charge in [-0.25, -0.2) is 5.43 Å². The molecule has 2 rings (SSSR count). The first-order valence-corrected chi connectivity index (χ1v) is 6.98. The van der Waals surface area contributed by atoms with Gasteiger partial charge in [0.1, 0.15) is 18.1 Å². The van der Waals surface area contributed by atoms with Gasteiger partial charge in [0.25, 0.3) is 5.91 Å². The second kappa shape index (κ2) is 6.37. The molecule has 7 heteroatoms. The number of nitrogens with zero attached hydrogens (tertiary/aromatic N) is 2. The van der Waals surface area contributed by atoms with Crippen molar-refractivity contribution in [2.45, 2.75) is 6.92 Å². The molecule has 0 atom stereocenters. The number of hydrogen-bond donors (Lipinski definition) is 1. The smallest absolute Gasteiger partial charge is 0.274 e. The van der Waals surface area contributed by atoms with E-state index in [0.717, 1.165) is 5.56 Å². The van der Waals surface area contributed by atoms with Gasteiger partial charge in [-0.2, -0.15) is 5.10 Å². The number of nitrogens with one attached hydrogen (secondary N) is 1. The second-order valence-corrected chi connectivity index (χ2v) is 5.64. The fourth-order valence-corrected chi connectivity index (χ4v) is 2.20. The number of carbonyl (C=O) groups excluding carboxylic acids is 1. The van der Waals surface area contributed by atoms with Gasteiger partial charge in [0, 0.05) is 25.3 Å². The van der Waals surface area contributed by atoms with Crippen molar-refractivity contribution < 1.29 is 9.53 Å². The van der Waals surface area contributed by atoms with Crippen LogP contribution in [-0.2, 0) is 4.79 Å². The normalized spacial score (nSPS) is 16.0. The molecule has 0 unspecified atom stereocenters. The molecule has 0 fully saturated rings. The first-order chi connectivity index (χ1) is 9.88. The Balaban J connectivity index is 2.13. The van der Waals surface area contributed by atoms with Gasteiger partial charge in [0.2, 0.25) is 0 Å². The molecule has 0 aromatic heterocycles. The van der Waals surface area contributed by atoms with Crippen LogP contribution in [0.1, 0.15) is 5.56 Å². The molecule has 0 saturated carbocycles. The Morgan fingerprint density at radius 2 is 2.05 bits per heavy atom. The lowest BCUT2D eigenvalue weighted by Crippen LogP contribution is -2.19. The van der Waals surface area contributed by atoms with Crippen molar-refractivity contribution in [1.29, 1.82) is 0 Å². The first kappa shape index (κ1) is 15.7. The van der Waals surface area contributed by atoms with Crippen molar-refractivity contribution in [3.63, 3.8) is 0 Å². The van der Waals surface area contributed by atoms with E-state index in [2.05, 4.69) is 10.5 Å². The summed E-state index contributed by atoms with van der Waals surface area (Å²) >= 11 is 12.1. The summed E-state index contributed by atoms with van der Waals surface area (Å²) in [6.07, 6.45) is 1.69. The molecule has 1 aliphatic heterocycles. The number of halogens is 2. The highest BCUT2D eigenvalue weighted by atomic mass is 35.5. The Morgan fingerprint density at radius 1 is 1.33 bits per heavy atom. The summed E-state index contributed by atoms with van der Waals surface area (Å²) in [7, 11) is 3.66. The number of rotatable bonds is 4. The largest absolute Gasteiger partial charge is 0.486 e. The van der Waals surface area contributed by atoms with Crippen LogP contribution < -0.4 is 10.2 Å². The first-order valence-electron chi connectivity index (χ1n) is 6.22. The molecule has 21 heavy (non-hydrogen) atoms. The molecule has 1 heterocycles. The Labute approximate surface area is 133 Å². The van der Waals surface area contributed by atoms with E-state index in [1.807, 2.05) is 21.0 Å². The van der Waals surface area contributed by atoms with Gasteiger partial charge >= 0.3 is 0 Å². The summed E-state index contributed by atoms with van der Waals surface area (Å²) in [5.41, 5.74) is 4.28. The predicted octanol–water partition coefficient (Wildman–Crippen LogP) is 2.61. The zero-order valence-electron chi connectivity index (χ0n) is 11.9. The zero-order chi connectivity index (χ0) is 15.6. The molecule has 112 valence electrons. The molecular weight excluding hydrogens is 313 g/mol. The van der Waals surface area contributed by atoms with Crippen molar-refractivity contribution in [1.82, 2.24) is 10.3 Å². The molecule has 0 saturated heterocycles. The summed E-state index contributed by atoms with van der Waals surface area (Å²) in [6.45, 7) is 2.00. The summed E-state index contributed by atoms with van der Waals surface area (Å²) in [5, 5.41) is 4.96. The highest BCUT2D eigenvalue weighted by Crippen LogP contribution is 2.30. The molecule has 0 radical (unpaired) electrons. The lowest BCUT2D eigenvalue weighted by atomic mass is 10.2. The minimum absolute atomic E-state index is 0.138. The molecule has 1 N–H and O–H groups in total. The van der Waals surface area contributed by atoms with Crippen molar-refractivity contribution >= 4 is 34.8 Å². The summed E-state index contributed by atoms with van der Waals surface area (Å²) in [5.74, 6) is 0.255. The molecule has 0 aliphatic carbocycles. The predicted molar refractivity (Wildman–Crippen MR) is 84.0 cm³/mol. The van der Waals surface area contributed by atoms with E-state index < -0.39 is 0 Å². The molecule has 1 aliphatic rings. The van der Waals surface area contributed by atoms with Gasteiger partial charge in [-0.3, -0.25) is 4.79 Å². The van der Waals surface area contributed by atoms with Crippen LogP contribution in [0.4, 0.5) is 0 Å². The molecule has 5 nitrogen and oxygen atoms in total. The van der Waals surface area contributed by atoms with E-state index in [1.54, 1.807) is 23.2 Å². The molecule has 0 spiro atoms. The zero-order valence-corrected chi connectivity index (χ0v) is 13.4. The number of hydrazone groups is 1. The van der Waals surface area contributed by atoms with Gasteiger partial charge in [0.05, 0.1) is 10.6 Å². The van der Waals surface area contributed by atoms with Gasteiger partial charge < -0.3 is 9.64 Å². The van der Waals surface area contributed by atoms with Gasteiger partial charge in [-0.15, -0.1) is 0 Å². The van der Waals surface area contributed by atoms with E-state index >= 15 is 0 Å². The van der Waals surface area contributed by atoms with E-state index in [9.17, 15) is 4.79 Å². The number of ether oxygens (including phenoxy) is 1. The monoisotopic (exact) mass is 327 g/mol. The van der Waals surface area contributed by atoms with Crippen LogP contribution in [0, 0.1) is 6.92 Å². The number of amides is 1. The van der Waals surface area contributed by atoms with E-state index in [-0.39, 0.29) is 12.5 Å². The van der Waals surface area contributed by atoms with Crippen LogP contribution in [0.15, 0.2) is 29.0 Å². The molecule has 1 aromatic rings. The molecular formula is C14H15Cl2N3O2. The quantitative estimate of drug-likeness (QED) is 0.865. The van der Waals surface area contributed by atoms with Gasteiger partial charge in [0.15, 0.2) is 0 Å². The lowest BCUT2D eigenvalue weighted by Gasteiger charge is -2.11. The van der Waals surface area contributed by atoms with Crippen molar-refractivity contribution in [2.24, 2.45) is 5.10 Å². The van der Waals surface area contributed by atoms with Gasteiger partial charge in [-0.05, 0) is 24.6 Å². The Kier molecular flexibility index (Phi) is 4.75. The molecule has 1 aromatic carbocycles. The topological polar surface area (TPSA) is 53.9 Å². The Bertz CT molecular complexity index is 639. The van der Waals surface area contributed by atoms with Crippen LogP contribution >= 0.6 is 23.2 Å². The average Bonchev–Trinajstić information content (AvgIpc) is 2.73. The highest BCUT2D eigenvalue weighted by Gasteiger charge is 2.23. The van der Waals surface area contributed by atoms with Crippen LogP contribution in [0.3, 0.4) is 0 Å². The second-order valence-electron chi connectivity index (χ2n) is 4.83. The molecule has 1 amide bonds. The minimum Gasteiger partial charge on any atom is -0.486 e. The van der Waals surface area contributed by atoms with Crippen LogP contribution in [-0.4, -0.2) is 37.2 Å². The van der Waals surface area contributed by atoms with Crippen molar-refractivity contribution in [3.05, 3.63) is 39.5 Å². The Morgan fingerprint density at radius 3 is 2.71 bits per heavy atom. The maximum Gasteiger partial charge on any atom is 0.274 e. The van der Waals surface area contributed by atoms with E-state index in [4.69, 9.17) is 27.9 Å². The third-order valence-electron chi connectivity index (χ3n) is 2.81. The Hall–Kier alpha value is -1.72. The number of aryl methyl sites for hydroxylation is 1. The standard InChI is InChI=1S/C14H15Cl2N3O2/c1-8-4-13(11(16)5-10(8)15)21-7-12-9(6-19(2)3)14(20)18-17-12/h4-6H,7H2,1-3H3,(H,18,20)/b9-6-. The maximum atomic E-state index is 11.7. The number of benzene rings is 1. The summed E-state index contributed by atoms with van der Waals surface area (Å²) in [6, 6.07) is 3.38. The third kappa shape index (κ3) is 3.68. The van der Waals surface area contributed by atoms with Crippen LogP contribution in [0.2, 0.25) is 10.0 Å². The number of carbonyl (C=O) groups is 1.